The van der Waals surface area contributed by atoms with Crippen molar-refractivity contribution in [2.75, 3.05) is 13.2 Å². The number of fused-ring (bicyclic) bond motifs is 5. The number of carbonyl (C=O) groups is 1. The minimum absolute atomic E-state index is 0.0657. The van der Waals surface area contributed by atoms with Crippen molar-refractivity contribution in [3.8, 4) is 0 Å². The molecule has 64 heavy (non-hydrogen) atoms. The number of ether oxygens (including phenoxy) is 7. The number of esters is 1. The van der Waals surface area contributed by atoms with Crippen molar-refractivity contribution >= 4 is 5.97 Å². The molecule has 0 aromatic rings. The lowest BCUT2D eigenvalue weighted by molar-refractivity contribution is -0.395. The van der Waals surface area contributed by atoms with E-state index in [9.17, 15) is 50.8 Å². The van der Waals surface area contributed by atoms with Crippen LogP contribution in [0.4, 0.5) is 0 Å². The molecule has 0 unspecified atom stereocenters. The molecule has 0 radical (unpaired) electrons. The zero-order valence-electron chi connectivity index (χ0n) is 38.7. The van der Waals surface area contributed by atoms with E-state index in [0.29, 0.717) is 12.3 Å². The molecule has 9 N–H and O–H groups in total. The van der Waals surface area contributed by atoms with Gasteiger partial charge in [-0.15, -0.1) is 0 Å². The molecule has 24 atom stereocenters. The molecular weight excluding hydrogens is 836 g/mol. The van der Waals surface area contributed by atoms with Crippen molar-refractivity contribution in [3.05, 3.63) is 11.6 Å². The summed E-state index contributed by atoms with van der Waals surface area (Å²) >= 11 is 0. The van der Waals surface area contributed by atoms with E-state index < -0.39 is 128 Å². The summed E-state index contributed by atoms with van der Waals surface area (Å²) in [6, 6.07) is 0. The highest BCUT2D eigenvalue weighted by Crippen LogP contribution is 2.76. The average Bonchev–Trinajstić information content (AvgIpc) is 3.74. The average molecular weight is 913 g/mol. The molecule has 0 aromatic carbocycles. The largest absolute Gasteiger partial charge is 0.456 e. The van der Waals surface area contributed by atoms with Gasteiger partial charge in [0.1, 0.15) is 67.1 Å². The van der Waals surface area contributed by atoms with Gasteiger partial charge in [0.25, 0.3) is 0 Å². The first-order chi connectivity index (χ1) is 29.9. The zero-order valence-corrected chi connectivity index (χ0v) is 38.7. The molecule has 4 aliphatic carbocycles. The Bertz CT molecular complexity index is 1730. The van der Waals surface area contributed by atoms with E-state index in [4.69, 9.17) is 33.2 Å². The number of rotatable bonds is 9. The van der Waals surface area contributed by atoms with Crippen molar-refractivity contribution in [2.45, 2.75) is 217 Å². The topological polar surface area (TPSA) is 264 Å². The summed E-state index contributed by atoms with van der Waals surface area (Å²) in [5.74, 6) is 0.0297. The van der Waals surface area contributed by atoms with E-state index in [1.807, 2.05) is 19.9 Å². The van der Waals surface area contributed by atoms with Gasteiger partial charge in [0.05, 0.1) is 25.4 Å². The van der Waals surface area contributed by atoms with E-state index in [0.717, 1.165) is 50.5 Å². The fourth-order valence-corrected chi connectivity index (χ4v) is 14.9. The van der Waals surface area contributed by atoms with Gasteiger partial charge in [0, 0.05) is 12.3 Å². The summed E-state index contributed by atoms with van der Waals surface area (Å²) in [5, 5.41) is 97.9. The van der Waals surface area contributed by atoms with Gasteiger partial charge >= 0.3 is 5.97 Å². The summed E-state index contributed by atoms with van der Waals surface area (Å²) in [6.45, 7) is 16.1. The molecule has 4 saturated carbocycles. The van der Waals surface area contributed by atoms with Crippen LogP contribution >= 0.6 is 0 Å². The van der Waals surface area contributed by atoms with E-state index in [2.05, 4.69) is 34.6 Å². The predicted molar refractivity (Wildman–Crippen MR) is 224 cm³/mol. The Labute approximate surface area is 376 Å². The summed E-state index contributed by atoms with van der Waals surface area (Å²) in [4.78, 5) is 13.4. The Hall–Kier alpha value is -1.39. The van der Waals surface area contributed by atoms with Crippen molar-refractivity contribution < 1.29 is 83.9 Å². The maximum atomic E-state index is 13.4. The molecule has 8 rings (SSSR count). The van der Waals surface area contributed by atoms with Crippen LogP contribution in [0.5, 0.6) is 0 Å². The summed E-state index contributed by atoms with van der Waals surface area (Å²) in [7, 11) is 0. The maximum absolute atomic E-state index is 13.4. The van der Waals surface area contributed by atoms with E-state index in [-0.39, 0.29) is 40.4 Å². The van der Waals surface area contributed by atoms with Gasteiger partial charge in [-0.05, 0) is 118 Å². The number of aliphatic hydroxyl groups excluding tert-OH is 8. The first kappa shape index (κ1) is 49.0. The van der Waals surface area contributed by atoms with E-state index in [1.165, 1.54) is 6.92 Å². The third-order valence-corrected chi connectivity index (χ3v) is 18.5. The molecule has 8 fully saturated rings. The van der Waals surface area contributed by atoms with E-state index >= 15 is 0 Å². The molecule has 8 aliphatic rings. The molecule has 0 spiro atoms. The standard InChI is InChI=1S/C47H76O17/c1-21(2)17-23-18-47(57,42(56)60-23)25-11-15-45(7)24(25)9-10-29-44(6)14-13-30(43(4,5)28(44)12-16-46(29,45)8)62-41-38(64-40-36(55)34(53)31(50)22(3)59-40)37(33(52)27(19-48)61-41)63-39-35(54)32(51)26(49)20-58-39/h17,22-41,48-55,57H,9-16,18-20H2,1-8H3/t22-,23+,24+,25-,26+,27+,28-,29+,30-,31-,32-,33+,34+,35+,36+,37-,38+,39-,40-,41-,44-,45+,46+,47-/m0/s1. The molecular formula is C47H76O17. The van der Waals surface area contributed by atoms with Crippen LogP contribution in [-0.2, 0) is 38.0 Å². The lowest BCUT2D eigenvalue weighted by Crippen LogP contribution is -2.67. The summed E-state index contributed by atoms with van der Waals surface area (Å²) < 4.78 is 42.9. The minimum Gasteiger partial charge on any atom is -0.456 e. The number of carbonyl (C=O) groups excluding carboxylic acids is 1. The van der Waals surface area contributed by atoms with E-state index in [1.54, 1.807) is 0 Å². The fraction of sp³-hybridized carbons (Fsp3) is 0.936. The normalized spacial score (nSPS) is 54.9. The van der Waals surface area contributed by atoms with Gasteiger partial charge in [0.15, 0.2) is 24.5 Å². The Kier molecular flexibility index (Phi) is 13.4. The van der Waals surface area contributed by atoms with Crippen LogP contribution in [0, 0.1) is 45.3 Å². The lowest BCUT2D eigenvalue weighted by atomic mass is 9.35. The molecule has 4 saturated heterocycles. The molecule has 0 amide bonds. The Morgan fingerprint density at radius 2 is 1.38 bits per heavy atom. The molecule has 366 valence electrons. The molecule has 17 nitrogen and oxygen atoms in total. The lowest BCUT2D eigenvalue weighted by Gasteiger charge is -2.70. The third-order valence-electron chi connectivity index (χ3n) is 18.5. The first-order valence-electron chi connectivity index (χ1n) is 23.8. The van der Waals surface area contributed by atoms with Gasteiger partial charge in [-0.25, -0.2) is 4.79 Å². The highest BCUT2D eigenvalue weighted by atomic mass is 16.8. The molecule has 17 heteroatoms. The molecule has 0 aromatic heterocycles. The van der Waals surface area contributed by atoms with Gasteiger partial charge in [-0.3, -0.25) is 0 Å². The highest BCUT2D eigenvalue weighted by Gasteiger charge is 2.71. The number of hydrogen-bond donors (Lipinski definition) is 9. The SMILES string of the molecule is CC(C)=C[C@@H]1C[C@](O)([C@H]2CC[C@]3(C)[C@@H]2CC[C@@H]2[C@@]4(C)CC[C@H](O[C@@H]5O[C@H](CO)[C@@H](O)[C@H](O[C@@H]6OC[C@@H](O)[C@H](O)[C@H]6O)[C@H]5O[C@@H]5O[C@@H](C)[C@H](O)[C@@H](O)[C@H]5O)C(C)(C)[C@@H]4CC[C@]23C)C(=O)O1. The highest BCUT2D eigenvalue weighted by molar-refractivity contribution is 5.82. The van der Waals surface area contributed by atoms with Crippen molar-refractivity contribution in [3.63, 3.8) is 0 Å². The Balaban J connectivity index is 1.05. The van der Waals surface area contributed by atoms with Crippen LogP contribution < -0.4 is 0 Å². The van der Waals surface area contributed by atoms with Gasteiger partial charge in [0.2, 0.25) is 0 Å². The fourth-order valence-electron chi connectivity index (χ4n) is 14.9. The third kappa shape index (κ3) is 7.76. The van der Waals surface area contributed by atoms with Crippen LogP contribution in [0.1, 0.15) is 113 Å². The molecule has 4 heterocycles. The van der Waals surface area contributed by atoms with Crippen LogP contribution in [0.3, 0.4) is 0 Å². The second-order valence-corrected chi connectivity index (χ2v) is 22.5. The number of cyclic esters (lactones) is 1. The molecule has 0 bridgehead atoms. The molecule has 4 aliphatic heterocycles. The maximum Gasteiger partial charge on any atom is 0.339 e. The number of allylic oxidation sites excluding steroid dienone is 1. The summed E-state index contributed by atoms with van der Waals surface area (Å²) in [6.07, 6.45) is -12.9. The number of hydrogen-bond acceptors (Lipinski definition) is 17. The smallest absolute Gasteiger partial charge is 0.339 e. The zero-order chi connectivity index (χ0) is 46.6. The summed E-state index contributed by atoms with van der Waals surface area (Å²) in [5.41, 5.74) is -1.21. The van der Waals surface area contributed by atoms with Crippen LogP contribution in [0.2, 0.25) is 0 Å². The van der Waals surface area contributed by atoms with Crippen molar-refractivity contribution in [2.24, 2.45) is 45.3 Å². The van der Waals surface area contributed by atoms with Crippen molar-refractivity contribution in [1.82, 2.24) is 0 Å². The first-order valence-corrected chi connectivity index (χ1v) is 23.8. The van der Waals surface area contributed by atoms with Crippen LogP contribution in [0.25, 0.3) is 0 Å². The monoisotopic (exact) mass is 913 g/mol. The quantitative estimate of drug-likeness (QED) is 0.0894. The number of aliphatic hydroxyl groups is 9. The Morgan fingerprint density at radius 3 is 2.06 bits per heavy atom. The van der Waals surface area contributed by atoms with Crippen LogP contribution in [-0.4, -0.2) is 169 Å². The Morgan fingerprint density at radius 1 is 0.703 bits per heavy atom. The van der Waals surface area contributed by atoms with Gasteiger partial charge < -0.3 is 79.1 Å². The predicted octanol–water partition coefficient (Wildman–Crippen LogP) is 1.18. The second-order valence-electron chi connectivity index (χ2n) is 22.5. The van der Waals surface area contributed by atoms with Gasteiger partial charge in [-0.1, -0.05) is 40.2 Å². The van der Waals surface area contributed by atoms with Crippen LogP contribution in [0.15, 0.2) is 11.6 Å². The minimum atomic E-state index is -1.75. The van der Waals surface area contributed by atoms with Crippen molar-refractivity contribution in [1.29, 1.82) is 0 Å². The van der Waals surface area contributed by atoms with Gasteiger partial charge in [-0.2, -0.15) is 0 Å². The second kappa shape index (κ2) is 17.5.